The van der Waals surface area contributed by atoms with Gasteiger partial charge in [-0.1, -0.05) is 6.07 Å². The molecule has 0 saturated carbocycles. The molecule has 4 heteroatoms. The number of amides is 1. The second-order valence-electron chi connectivity index (χ2n) is 4.92. The Balaban J connectivity index is 2.00. The number of hydrogen-bond donors (Lipinski definition) is 2. The van der Waals surface area contributed by atoms with Gasteiger partial charge in [-0.25, -0.2) is 0 Å². The Labute approximate surface area is 119 Å². The van der Waals surface area contributed by atoms with Crippen molar-refractivity contribution in [3.8, 4) is 0 Å². The fourth-order valence-corrected chi connectivity index (χ4v) is 3.50. The maximum absolute atomic E-state index is 12.2. The summed E-state index contributed by atoms with van der Waals surface area (Å²) in [5.74, 6) is 1.26. The van der Waals surface area contributed by atoms with Gasteiger partial charge in [0.25, 0.3) is 5.91 Å². The summed E-state index contributed by atoms with van der Waals surface area (Å²) < 4.78 is 0. The second kappa shape index (κ2) is 6.85. The van der Waals surface area contributed by atoms with E-state index in [1.54, 1.807) is 0 Å². The molecule has 104 valence electrons. The number of hydrogen-bond acceptors (Lipinski definition) is 3. The van der Waals surface area contributed by atoms with Crippen molar-refractivity contribution >= 4 is 23.4 Å². The summed E-state index contributed by atoms with van der Waals surface area (Å²) >= 11 is 1.97. The van der Waals surface area contributed by atoms with Gasteiger partial charge in [0.1, 0.15) is 0 Å². The zero-order chi connectivity index (χ0) is 13.7. The Kier molecular flexibility index (Phi) is 5.14. The number of aryl methyl sites for hydroxylation is 1. The van der Waals surface area contributed by atoms with Crippen LogP contribution < -0.4 is 10.6 Å². The third kappa shape index (κ3) is 3.90. The highest BCUT2D eigenvalue weighted by atomic mass is 32.2. The molecule has 1 atom stereocenters. The molecule has 1 heterocycles. The minimum atomic E-state index is 0.0310. The normalized spacial score (nSPS) is 18.3. The molecule has 2 rings (SSSR count). The SMILES string of the molecule is CCNc1cc(C)ccc1C(=O)NCC1CCCS1. The van der Waals surface area contributed by atoms with Crippen molar-refractivity contribution in [2.45, 2.75) is 31.9 Å². The van der Waals surface area contributed by atoms with Gasteiger partial charge in [0.15, 0.2) is 0 Å². The van der Waals surface area contributed by atoms with Crippen molar-refractivity contribution < 1.29 is 4.79 Å². The first-order valence-corrected chi connectivity index (χ1v) is 8.00. The minimum Gasteiger partial charge on any atom is -0.385 e. The third-order valence-electron chi connectivity index (χ3n) is 3.30. The number of rotatable bonds is 5. The first-order valence-electron chi connectivity index (χ1n) is 6.95. The fourth-order valence-electron chi connectivity index (χ4n) is 2.30. The Morgan fingerprint density at radius 1 is 1.47 bits per heavy atom. The van der Waals surface area contributed by atoms with Crippen LogP contribution in [-0.4, -0.2) is 30.0 Å². The Morgan fingerprint density at radius 3 is 3.00 bits per heavy atom. The molecule has 1 aliphatic rings. The third-order valence-corrected chi connectivity index (χ3v) is 4.70. The predicted octanol–water partition coefficient (Wildman–Crippen LogP) is 3.05. The molecule has 0 bridgehead atoms. The van der Waals surface area contributed by atoms with E-state index < -0.39 is 0 Å². The molecule has 2 N–H and O–H groups in total. The van der Waals surface area contributed by atoms with Crippen molar-refractivity contribution in [1.29, 1.82) is 0 Å². The number of carbonyl (C=O) groups excluding carboxylic acids is 1. The molecular formula is C15H22N2OS. The van der Waals surface area contributed by atoms with Crippen molar-refractivity contribution in [1.82, 2.24) is 5.32 Å². The largest absolute Gasteiger partial charge is 0.385 e. The molecule has 1 amide bonds. The summed E-state index contributed by atoms with van der Waals surface area (Å²) in [7, 11) is 0. The van der Waals surface area contributed by atoms with Crippen LogP contribution in [-0.2, 0) is 0 Å². The topological polar surface area (TPSA) is 41.1 Å². The molecule has 1 fully saturated rings. The molecule has 1 aromatic rings. The van der Waals surface area contributed by atoms with Gasteiger partial charge in [-0.2, -0.15) is 11.8 Å². The lowest BCUT2D eigenvalue weighted by Crippen LogP contribution is -2.30. The van der Waals surface area contributed by atoms with Crippen molar-refractivity contribution in [2.75, 3.05) is 24.2 Å². The van der Waals surface area contributed by atoms with Gasteiger partial charge < -0.3 is 10.6 Å². The van der Waals surface area contributed by atoms with Gasteiger partial charge in [-0.15, -0.1) is 0 Å². The van der Waals surface area contributed by atoms with E-state index in [1.807, 2.05) is 43.8 Å². The van der Waals surface area contributed by atoms with Gasteiger partial charge in [-0.3, -0.25) is 4.79 Å². The summed E-state index contributed by atoms with van der Waals surface area (Å²) in [5.41, 5.74) is 2.84. The van der Waals surface area contributed by atoms with E-state index in [1.165, 1.54) is 24.2 Å². The summed E-state index contributed by atoms with van der Waals surface area (Å²) in [4.78, 5) is 12.2. The summed E-state index contributed by atoms with van der Waals surface area (Å²) in [6, 6.07) is 5.92. The van der Waals surface area contributed by atoms with E-state index in [0.29, 0.717) is 5.25 Å². The van der Waals surface area contributed by atoms with Crippen LogP contribution in [0.25, 0.3) is 0 Å². The molecule has 0 aliphatic carbocycles. The lowest BCUT2D eigenvalue weighted by Gasteiger charge is -2.14. The lowest BCUT2D eigenvalue weighted by molar-refractivity contribution is 0.0954. The zero-order valence-electron chi connectivity index (χ0n) is 11.7. The maximum atomic E-state index is 12.2. The van der Waals surface area contributed by atoms with E-state index in [2.05, 4.69) is 10.6 Å². The van der Waals surface area contributed by atoms with E-state index in [4.69, 9.17) is 0 Å². The minimum absolute atomic E-state index is 0.0310. The van der Waals surface area contributed by atoms with E-state index in [-0.39, 0.29) is 5.91 Å². The van der Waals surface area contributed by atoms with Crippen LogP contribution in [0.3, 0.4) is 0 Å². The quantitative estimate of drug-likeness (QED) is 0.870. The second-order valence-corrected chi connectivity index (χ2v) is 6.33. The number of thioether (sulfide) groups is 1. The van der Waals surface area contributed by atoms with Crippen LogP contribution in [0, 0.1) is 6.92 Å². The number of carbonyl (C=O) groups is 1. The lowest BCUT2D eigenvalue weighted by atomic mass is 10.1. The van der Waals surface area contributed by atoms with Gasteiger partial charge in [0.05, 0.1) is 5.56 Å². The Morgan fingerprint density at radius 2 is 2.32 bits per heavy atom. The standard InChI is InChI=1S/C15H22N2OS/c1-3-16-14-9-11(2)6-7-13(14)15(18)17-10-12-5-4-8-19-12/h6-7,9,12,16H,3-5,8,10H2,1-2H3,(H,17,18). The highest BCUT2D eigenvalue weighted by Crippen LogP contribution is 2.25. The summed E-state index contributed by atoms with van der Waals surface area (Å²) in [6.45, 7) is 5.68. The van der Waals surface area contributed by atoms with E-state index in [9.17, 15) is 4.79 Å². The monoisotopic (exact) mass is 278 g/mol. The van der Waals surface area contributed by atoms with Crippen molar-refractivity contribution in [3.63, 3.8) is 0 Å². The first-order chi connectivity index (χ1) is 9.20. The molecule has 1 aromatic carbocycles. The van der Waals surface area contributed by atoms with Crippen molar-refractivity contribution in [3.05, 3.63) is 29.3 Å². The Hall–Kier alpha value is -1.16. The van der Waals surface area contributed by atoms with Crippen LogP contribution in [0.15, 0.2) is 18.2 Å². The average Bonchev–Trinajstić information content (AvgIpc) is 2.90. The molecule has 0 radical (unpaired) electrons. The number of anilines is 1. The van der Waals surface area contributed by atoms with Crippen LogP contribution in [0.5, 0.6) is 0 Å². The molecular weight excluding hydrogens is 256 g/mol. The van der Waals surface area contributed by atoms with E-state index in [0.717, 1.165) is 24.3 Å². The van der Waals surface area contributed by atoms with Crippen LogP contribution in [0.4, 0.5) is 5.69 Å². The van der Waals surface area contributed by atoms with Crippen molar-refractivity contribution in [2.24, 2.45) is 0 Å². The molecule has 19 heavy (non-hydrogen) atoms. The Bertz CT molecular complexity index is 442. The van der Waals surface area contributed by atoms with E-state index >= 15 is 0 Å². The van der Waals surface area contributed by atoms with Crippen LogP contribution in [0.2, 0.25) is 0 Å². The summed E-state index contributed by atoms with van der Waals surface area (Å²) in [5, 5.41) is 6.91. The number of nitrogens with one attached hydrogen (secondary N) is 2. The maximum Gasteiger partial charge on any atom is 0.253 e. The van der Waals surface area contributed by atoms with Crippen LogP contribution >= 0.6 is 11.8 Å². The van der Waals surface area contributed by atoms with Gasteiger partial charge >= 0.3 is 0 Å². The van der Waals surface area contributed by atoms with Gasteiger partial charge in [0, 0.05) is 24.0 Å². The average molecular weight is 278 g/mol. The summed E-state index contributed by atoms with van der Waals surface area (Å²) in [6.07, 6.45) is 2.50. The molecule has 0 aromatic heterocycles. The molecule has 1 saturated heterocycles. The molecule has 3 nitrogen and oxygen atoms in total. The van der Waals surface area contributed by atoms with Gasteiger partial charge in [0.2, 0.25) is 0 Å². The van der Waals surface area contributed by atoms with Gasteiger partial charge in [-0.05, 0) is 50.1 Å². The zero-order valence-corrected chi connectivity index (χ0v) is 12.5. The predicted molar refractivity (Wildman–Crippen MR) is 83.2 cm³/mol. The molecule has 0 spiro atoms. The smallest absolute Gasteiger partial charge is 0.253 e. The highest BCUT2D eigenvalue weighted by Gasteiger charge is 2.17. The number of benzene rings is 1. The van der Waals surface area contributed by atoms with Crippen LogP contribution in [0.1, 0.15) is 35.7 Å². The molecule has 1 unspecified atom stereocenters. The highest BCUT2D eigenvalue weighted by molar-refractivity contribution is 8.00. The molecule has 1 aliphatic heterocycles. The first kappa shape index (κ1) is 14.3. The fraction of sp³-hybridized carbons (Fsp3) is 0.533.